The van der Waals surface area contributed by atoms with E-state index < -0.39 is 10.0 Å². The van der Waals surface area contributed by atoms with Gasteiger partial charge in [0.2, 0.25) is 0 Å². The Kier molecular flexibility index (Phi) is 3.23. The molecular formula is C15H12N2O3S. The van der Waals surface area contributed by atoms with Crippen molar-refractivity contribution in [3.05, 3.63) is 60.3 Å². The molecule has 3 rings (SSSR count). The Balaban J connectivity index is 2.04. The number of nitrogens with one attached hydrogen (secondary N) is 2. The van der Waals surface area contributed by atoms with Crippen LogP contribution < -0.4 is 4.72 Å². The van der Waals surface area contributed by atoms with E-state index >= 15 is 0 Å². The monoisotopic (exact) mass is 300 g/mol. The highest BCUT2D eigenvalue weighted by atomic mass is 32.2. The number of hydrogen-bond acceptors (Lipinski definition) is 3. The lowest BCUT2D eigenvalue weighted by Gasteiger charge is -2.09. The maximum Gasteiger partial charge on any atom is 0.261 e. The first-order valence-corrected chi connectivity index (χ1v) is 7.73. The normalized spacial score (nSPS) is 11.4. The summed E-state index contributed by atoms with van der Waals surface area (Å²) in [5.74, 6) is 0. The summed E-state index contributed by atoms with van der Waals surface area (Å²) in [6.07, 6.45) is 2.41. The molecule has 1 heterocycles. The summed E-state index contributed by atoms with van der Waals surface area (Å²) in [6.45, 7) is 0. The van der Waals surface area contributed by atoms with Crippen molar-refractivity contribution in [2.24, 2.45) is 0 Å². The van der Waals surface area contributed by atoms with E-state index in [0.717, 1.165) is 5.39 Å². The van der Waals surface area contributed by atoms with Gasteiger partial charge in [0.1, 0.15) is 0 Å². The van der Waals surface area contributed by atoms with Crippen LogP contribution in [0.1, 0.15) is 10.4 Å². The molecule has 0 aliphatic carbocycles. The van der Waals surface area contributed by atoms with Gasteiger partial charge in [-0.25, -0.2) is 8.42 Å². The third-order valence-electron chi connectivity index (χ3n) is 3.13. The lowest BCUT2D eigenvalue weighted by atomic mass is 10.1. The summed E-state index contributed by atoms with van der Waals surface area (Å²) in [6, 6.07) is 13.0. The second kappa shape index (κ2) is 5.06. The van der Waals surface area contributed by atoms with Gasteiger partial charge in [-0.05, 0) is 30.3 Å². The van der Waals surface area contributed by atoms with E-state index in [1.165, 1.54) is 18.2 Å². The standard InChI is InChI=1S/C15H12N2O3S/c18-10-11-8-12(9-15-14(11)6-7-16-15)17-21(19,20)13-4-2-1-3-5-13/h1-10,16-17H. The van der Waals surface area contributed by atoms with Gasteiger partial charge in [0, 0.05) is 22.7 Å². The summed E-state index contributed by atoms with van der Waals surface area (Å²) < 4.78 is 27.0. The molecule has 5 nitrogen and oxygen atoms in total. The van der Waals surface area contributed by atoms with Gasteiger partial charge >= 0.3 is 0 Å². The SMILES string of the molecule is O=Cc1cc(NS(=O)(=O)c2ccccc2)cc2[nH]ccc12. The number of carbonyl (C=O) groups excluding carboxylic acids is 1. The Morgan fingerprint density at radius 3 is 2.52 bits per heavy atom. The Morgan fingerprint density at radius 2 is 1.81 bits per heavy atom. The highest BCUT2D eigenvalue weighted by molar-refractivity contribution is 7.92. The number of aldehydes is 1. The predicted molar refractivity (Wildman–Crippen MR) is 80.9 cm³/mol. The van der Waals surface area contributed by atoms with Gasteiger partial charge in [-0.3, -0.25) is 9.52 Å². The summed E-state index contributed by atoms with van der Waals surface area (Å²) in [5, 5.41) is 0.757. The van der Waals surface area contributed by atoms with Crippen molar-refractivity contribution in [3.63, 3.8) is 0 Å². The zero-order valence-corrected chi connectivity index (χ0v) is 11.7. The second-order valence-electron chi connectivity index (χ2n) is 4.54. The van der Waals surface area contributed by atoms with Gasteiger partial charge in [0.25, 0.3) is 10.0 Å². The summed E-state index contributed by atoms with van der Waals surface area (Å²) in [5.41, 5.74) is 1.47. The number of sulfonamides is 1. The molecular weight excluding hydrogens is 288 g/mol. The topological polar surface area (TPSA) is 79.0 Å². The van der Waals surface area contributed by atoms with E-state index in [-0.39, 0.29) is 4.90 Å². The van der Waals surface area contributed by atoms with Crippen LogP contribution in [0.15, 0.2) is 59.6 Å². The lowest BCUT2D eigenvalue weighted by Crippen LogP contribution is -2.13. The average Bonchev–Trinajstić information content (AvgIpc) is 2.95. The molecule has 106 valence electrons. The quantitative estimate of drug-likeness (QED) is 0.727. The fourth-order valence-corrected chi connectivity index (χ4v) is 3.23. The van der Waals surface area contributed by atoms with Crippen LogP contribution in [0.4, 0.5) is 5.69 Å². The maximum absolute atomic E-state index is 12.3. The summed E-state index contributed by atoms with van der Waals surface area (Å²) >= 11 is 0. The fraction of sp³-hybridized carbons (Fsp3) is 0. The zero-order chi connectivity index (χ0) is 14.9. The van der Waals surface area contributed by atoms with E-state index in [1.807, 2.05) is 0 Å². The molecule has 0 aliphatic heterocycles. The number of benzene rings is 2. The van der Waals surface area contributed by atoms with Crippen molar-refractivity contribution in [1.82, 2.24) is 4.98 Å². The number of carbonyl (C=O) groups is 1. The van der Waals surface area contributed by atoms with Crippen LogP contribution >= 0.6 is 0 Å². The molecule has 0 atom stereocenters. The number of aromatic nitrogens is 1. The molecule has 2 N–H and O–H groups in total. The van der Waals surface area contributed by atoms with Crippen molar-refractivity contribution in [3.8, 4) is 0 Å². The lowest BCUT2D eigenvalue weighted by molar-refractivity contribution is 0.112. The first-order chi connectivity index (χ1) is 10.1. The van der Waals surface area contributed by atoms with E-state index in [0.29, 0.717) is 23.1 Å². The van der Waals surface area contributed by atoms with E-state index in [9.17, 15) is 13.2 Å². The van der Waals surface area contributed by atoms with Crippen molar-refractivity contribution >= 4 is 32.9 Å². The Bertz CT molecular complexity index is 899. The van der Waals surface area contributed by atoms with Crippen LogP contribution in [0, 0.1) is 0 Å². The van der Waals surface area contributed by atoms with Gasteiger partial charge in [0.15, 0.2) is 6.29 Å². The predicted octanol–water partition coefficient (Wildman–Crippen LogP) is 2.78. The number of rotatable bonds is 4. The van der Waals surface area contributed by atoms with Gasteiger partial charge in [-0.1, -0.05) is 18.2 Å². The number of hydrogen-bond donors (Lipinski definition) is 2. The summed E-state index contributed by atoms with van der Waals surface area (Å²) in [4.78, 5) is 14.3. The first kappa shape index (κ1) is 13.4. The molecule has 0 saturated heterocycles. The molecule has 0 unspecified atom stereocenters. The van der Waals surface area contributed by atoms with Crippen molar-refractivity contribution < 1.29 is 13.2 Å². The molecule has 0 amide bonds. The summed E-state index contributed by atoms with van der Waals surface area (Å²) in [7, 11) is -3.67. The number of fused-ring (bicyclic) bond motifs is 1. The van der Waals surface area contributed by atoms with Crippen molar-refractivity contribution in [2.75, 3.05) is 4.72 Å². The van der Waals surface area contributed by atoms with Crippen LogP contribution in [0.25, 0.3) is 10.9 Å². The molecule has 6 heteroatoms. The Hall–Kier alpha value is -2.60. The molecule has 2 aromatic carbocycles. The fourth-order valence-electron chi connectivity index (χ4n) is 2.17. The first-order valence-electron chi connectivity index (χ1n) is 6.24. The van der Waals surface area contributed by atoms with Gasteiger partial charge < -0.3 is 4.98 Å². The molecule has 0 fully saturated rings. The molecule has 0 bridgehead atoms. The van der Waals surface area contributed by atoms with E-state index in [4.69, 9.17) is 0 Å². The third kappa shape index (κ3) is 2.53. The minimum absolute atomic E-state index is 0.171. The maximum atomic E-state index is 12.3. The van der Waals surface area contributed by atoms with E-state index in [1.54, 1.807) is 36.5 Å². The van der Waals surface area contributed by atoms with Gasteiger partial charge in [-0.15, -0.1) is 0 Å². The molecule has 0 spiro atoms. The average molecular weight is 300 g/mol. The molecule has 0 radical (unpaired) electrons. The zero-order valence-electron chi connectivity index (χ0n) is 10.9. The van der Waals surface area contributed by atoms with E-state index in [2.05, 4.69) is 9.71 Å². The molecule has 3 aromatic rings. The Morgan fingerprint density at radius 1 is 1.05 bits per heavy atom. The second-order valence-corrected chi connectivity index (χ2v) is 6.22. The smallest absolute Gasteiger partial charge is 0.261 e. The van der Waals surface area contributed by atoms with Crippen molar-refractivity contribution in [1.29, 1.82) is 0 Å². The largest absolute Gasteiger partial charge is 0.361 e. The third-order valence-corrected chi connectivity index (χ3v) is 4.53. The number of H-pyrrole nitrogens is 1. The number of anilines is 1. The van der Waals surface area contributed by atoms with Crippen LogP contribution in [0.2, 0.25) is 0 Å². The van der Waals surface area contributed by atoms with Crippen LogP contribution in [0.3, 0.4) is 0 Å². The van der Waals surface area contributed by atoms with Gasteiger partial charge in [0.05, 0.1) is 10.6 Å². The Labute approximate surface area is 121 Å². The number of aromatic amines is 1. The van der Waals surface area contributed by atoms with Crippen molar-refractivity contribution in [2.45, 2.75) is 4.90 Å². The van der Waals surface area contributed by atoms with Crippen LogP contribution in [-0.4, -0.2) is 19.7 Å². The van der Waals surface area contributed by atoms with Crippen LogP contribution in [0.5, 0.6) is 0 Å². The molecule has 1 aromatic heterocycles. The highest BCUT2D eigenvalue weighted by Crippen LogP contribution is 2.24. The molecule has 21 heavy (non-hydrogen) atoms. The molecule has 0 saturated carbocycles. The minimum atomic E-state index is -3.67. The molecule has 0 aliphatic rings. The highest BCUT2D eigenvalue weighted by Gasteiger charge is 2.14. The minimum Gasteiger partial charge on any atom is -0.361 e. The van der Waals surface area contributed by atoms with Crippen LogP contribution in [-0.2, 0) is 10.0 Å². The van der Waals surface area contributed by atoms with Gasteiger partial charge in [-0.2, -0.15) is 0 Å².